The summed E-state index contributed by atoms with van der Waals surface area (Å²) in [5.74, 6) is 0.163. The molecule has 2 aromatic carbocycles. The molecule has 1 aliphatic heterocycles. The number of benzene rings is 2. The average molecular weight is 318 g/mol. The van der Waals surface area contributed by atoms with Gasteiger partial charge >= 0.3 is 0 Å². The number of carbonyl (C=O) groups is 1. The van der Waals surface area contributed by atoms with Crippen molar-refractivity contribution in [2.75, 3.05) is 7.05 Å². The van der Waals surface area contributed by atoms with Crippen LogP contribution in [0.2, 0.25) is 5.02 Å². The van der Waals surface area contributed by atoms with Crippen LogP contribution in [0.5, 0.6) is 0 Å². The molecule has 1 atom stereocenters. The number of fused-ring (bicyclic) bond motifs is 1. The lowest BCUT2D eigenvalue weighted by atomic mass is 10.1. The van der Waals surface area contributed by atoms with Crippen LogP contribution in [0, 0.1) is 0 Å². The van der Waals surface area contributed by atoms with Gasteiger partial charge in [0.2, 0.25) is 5.91 Å². The molecule has 1 amide bonds. The predicted molar refractivity (Wildman–Crippen MR) is 87.7 cm³/mol. The number of hydrogen-bond donors (Lipinski definition) is 0. The molecule has 0 fully saturated rings. The summed E-state index contributed by atoms with van der Waals surface area (Å²) in [5.41, 5.74) is 2.25. The normalized spacial score (nSPS) is 16.6. The second-order valence-electron chi connectivity index (χ2n) is 5.20. The van der Waals surface area contributed by atoms with Crippen LogP contribution in [0.1, 0.15) is 11.1 Å². The smallest absolute Gasteiger partial charge is 0.236 e. The minimum atomic E-state index is -0.0186. The van der Waals surface area contributed by atoms with Crippen molar-refractivity contribution in [2.24, 2.45) is 0 Å². The molecular weight excluding hydrogens is 302 g/mol. The Kier molecular flexibility index (Phi) is 4.22. The molecular formula is C17H16ClNOS. The van der Waals surface area contributed by atoms with Crippen LogP contribution in [0.3, 0.4) is 0 Å². The van der Waals surface area contributed by atoms with Crippen LogP contribution >= 0.6 is 23.4 Å². The number of amides is 1. The van der Waals surface area contributed by atoms with Crippen molar-refractivity contribution in [2.45, 2.75) is 23.1 Å². The van der Waals surface area contributed by atoms with E-state index in [-0.39, 0.29) is 11.2 Å². The monoisotopic (exact) mass is 317 g/mol. The lowest BCUT2D eigenvalue weighted by Gasteiger charge is -2.21. The standard InChI is InChI=1S/C17H16ClNOS/c1-19(11-13-7-2-4-8-14(13)18)17(20)16-10-12-6-3-5-9-15(12)21-16/h2-9,16H,10-11H2,1H3. The van der Waals surface area contributed by atoms with Gasteiger partial charge in [-0.2, -0.15) is 0 Å². The van der Waals surface area contributed by atoms with Gasteiger partial charge in [-0.15, -0.1) is 11.8 Å². The van der Waals surface area contributed by atoms with E-state index in [2.05, 4.69) is 12.1 Å². The zero-order valence-electron chi connectivity index (χ0n) is 11.8. The third-order valence-electron chi connectivity index (χ3n) is 3.66. The molecule has 0 aliphatic carbocycles. The van der Waals surface area contributed by atoms with E-state index in [1.165, 1.54) is 10.5 Å². The van der Waals surface area contributed by atoms with E-state index in [1.54, 1.807) is 16.7 Å². The van der Waals surface area contributed by atoms with Crippen molar-refractivity contribution < 1.29 is 4.79 Å². The third kappa shape index (κ3) is 3.09. The number of rotatable bonds is 3. The van der Waals surface area contributed by atoms with Gasteiger partial charge in [-0.1, -0.05) is 48.0 Å². The minimum Gasteiger partial charge on any atom is -0.340 e. The van der Waals surface area contributed by atoms with Gasteiger partial charge in [-0.05, 0) is 29.7 Å². The lowest BCUT2D eigenvalue weighted by Crippen LogP contribution is -2.34. The fourth-order valence-electron chi connectivity index (χ4n) is 2.53. The fourth-order valence-corrected chi connectivity index (χ4v) is 4.03. The molecule has 21 heavy (non-hydrogen) atoms. The molecule has 0 N–H and O–H groups in total. The maximum absolute atomic E-state index is 12.6. The molecule has 3 rings (SSSR count). The molecule has 0 aromatic heterocycles. The predicted octanol–water partition coefficient (Wildman–Crippen LogP) is 4.02. The molecule has 0 bridgehead atoms. The second-order valence-corrected chi connectivity index (χ2v) is 6.86. The zero-order valence-corrected chi connectivity index (χ0v) is 13.3. The molecule has 0 radical (unpaired) electrons. The van der Waals surface area contributed by atoms with Crippen LogP contribution < -0.4 is 0 Å². The number of halogens is 1. The maximum atomic E-state index is 12.6. The largest absolute Gasteiger partial charge is 0.340 e. The van der Waals surface area contributed by atoms with Crippen LogP contribution in [-0.4, -0.2) is 23.1 Å². The van der Waals surface area contributed by atoms with Crippen molar-refractivity contribution in [3.05, 3.63) is 64.7 Å². The molecule has 4 heteroatoms. The Labute approximate surface area is 134 Å². The van der Waals surface area contributed by atoms with Crippen LogP contribution in [-0.2, 0) is 17.8 Å². The van der Waals surface area contributed by atoms with E-state index in [4.69, 9.17) is 11.6 Å². The Morgan fingerprint density at radius 1 is 1.24 bits per heavy atom. The first-order valence-corrected chi connectivity index (χ1v) is 8.14. The highest BCUT2D eigenvalue weighted by Crippen LogP contribution is 2.37. The molecule has 0 saturated carbocycles. The SMILES string of the molecule is CN(Cc1ccccc1Cl)C(=O)C1Cc2ccccc2S1. The van der Waals surface area contributed by atoms with Crippen LogP contribution in [0.4, 0.5) is 0 Å². The van der Waals surface area contributed by atoms with E-state index >= 15 is 0 Å². The molecule has 0 spiro atoms. The van der Waals surface area contributed by atoms with Crippen LogP contribution in [0.15, 0.2) is 53.4 Å². The number of thioether (sulfide) groups is 1. The molecule has 2 aromatic rings. The quantitative estimate of drug-likeness (QED) is 0.852. The van der Waals surface area contributed by atoms with Gasteiger partial charge in [0, 0.05) is 23.5 Å². The van der Waals surface area contributed by atoms with Gasteiger partial charge in [-0.3, -0.25) is 4.79 Å². The molecule has 0 saturated heterocycles. The van der Waals surface area contributed by atoms with Gasteiger partial charge in [-0.25, -0.2) is 0 Å². The number of nitrogens with zero attached hydrogens (tertiary/aromatic N) is 1. The Balaban J connectivity index is 1.68. The molecule has 1 heterocycles. The van der Waals surface area contributed by atoms with Gasteiger partial charge in [0.15, 0.2) is 0 Å². The summed E-state index contributed by atoms with van der Waals surface area (Å²) < 4.78 is 0. The van der Waals surface area contributed by atoms with Gasteiger partial charge in [0.05, 0.1) is 5.25 Å². The van der Waals surface area contributed by atoms with E-state index in [0.29, 0.717) is 11.6 Å². The third-order valence-corrected chi connectivity index (χ3v) is 5.34. The lowest BCUT2D eigenvalue weighted by molar-refractivity contribution is -0.129. The molecule has 1 unspecified atom stereocenters. The first-order chi connectivity index (χ1) is 10.1. The first-order valence-electron chi connectivity index (χ1n) is 6.88. The van der Waals surface area contributed by atoms with Crippen molar-refractivity contribution in [3.8, 4) is 0 Å². The zero-order chi connectivity index (χ0) is 14.8. The van der Waals surface area contributed by atoms with Crippen molar-refractivity contribution in [3.63, 3.8) is 0 Å². The average Bonchev–Trinajstić information content (AvgIpc) is 2.92. The summed E-state index contributed by atoms with van der Waals surface area (Å²) in [6.45, 7) is 0.548. The molecule has 108 valence electrons. The van der Waals surface area contributed by atoms with Crippen molar-refractivity contribution in [1.29, 1.82) is 0 Å². The Morgan fingerprint density at radius 2 is 1.95 bits per heavy atom. The highest BCUT2D eigenvalue weighted by Gasteiger charge is 2.30. The topological polar surface area (TPSA) is 20.3 Å². The van der Waals surface area contributed by atoms with E-state index in [0.717, 1.165) is 12.0 Å². The fraction of sp³-hybridized carbons (Fsp3) is 0.235. The van der Waals surface area contributed by atoms with Crippen molar-refractivity contribution in [1.82, 2.24) is 4.90 Å². The van der Waals surface area contributed by atoms with Gasteiger partial charge in [0.25, 0.3) is 0 Å². The molecule has 1 aliphatic rings. The summed E-state index contributed by atoms with van der Waals surface area (Å²) >= 11 is 7.83. The summed E-state index contributed by atoms with van der Waals surface area (Å²) in [6.07, 6.45) is 0.812. The van der Waals surface area contributed by atoms with Crippen LogP contribution in [0.25, 0.3) is 0 Å². The summed E-state index contributed by atoms with van der Waals surface area (Å²) in [7, 11) is 1.84. The summed E-state index contributed by atoms with van der Waals surface area (Å²) in [4.78, 5) is 15.6. The van der Waals surface area contributed by atoms with Crippen molar-refractivity contribution >= 4 is 29.3 Å². The van der Waals surface area contributed by atoms with E-state index in [9.17, 15) is 4.79 Å². The Morgan fingerprint density at radius 3 is 2.71 bits per heavy atom. The minimum absolute atomic E-state index is 0.0186. The van der Waals surface area contributed by atoms with Gasteiger partial charge < -0.3 is 4.90 Å². The van der Waals surface area contributed by atoms with E-state index in [1.807, 2.05) is 43.4 Å². The Bertz CT molecular complexity index is 648. The second kappa shape index (κ2) is 6.12. The number of hydrogen-bond acceptors (Lipinski definition) is 2. The highest BCUT2D eigenvalue weighted by atomic mass is 35.5. The summed E-state index contributed by atoms with van der Waals surface area (Å²) in [5, 5.41) is 0.689. The molecule has 2 nitrogen and oxygen atoms in total. The maximum Gasteiger partial charge on any atom is 0.236 e. The number of carbonyl (C=O) groups excluding carboxylic acids is 1. The highest BCUT2D eigenvalue weighted by molar-refractivity contribution is 8.01. The summed E-state index contributed by atoms with van der Waals surface area (Å²) in [6, 6.07) is 15.9. The van der Waals surface area contributed by atoms with Gasteiger partial charge in [0.1, 0.15) is 0 Å². The van der Waals surface area contributed by atoms with E-state index < -0.39 is 0 Å². The Hall–Kier alpha value is -1.45. The first kappa shape index (κ1) is 14.5.